The molecule has 0 atom stereocenters. The summed E-state index contributed by atoms with van der Waals surface area (Å²) in [6, 6.07) is 7.66. The maximum Gasteiger partial charge on any atom is 0.193 e. The predicted molar refractivity (Wildman–Crippen MR) is 87.6 cm³/mol. The van der Waals surface area contributed by atoms with Crippen molar-refractivity contribution in [3.05, 3.63) is 53.6 Å². The Balaban J connectivity index is 0. The van der Waals surface area contributed by atoms with E-state index in [0.29, 0.717) is 0 Å². The molecule has 106 valence electrons. The molecule has 1 aromatic carbocycles. The molecule has 0 aromatic heterocycles. The number of hydrogen-bond donors (Lipinski definition) is 0. The summed E-state index contributed by atoms with van der Waals surface area (Å²) in [5.74, 6) is 0.100. The lowest BCUT2D eigenvalue weighted by Gasteiger charge is -1.96. The van der Waals surface area contributed by atoms with Gasteiger partial charge in [0.2, 0.25) is 0 Å². The third-order valence-electron chi connectivity index (χ3n) is 2.43. The van der Waals surface area contributed by atoms with Gasteiger partial charge in [-0.3, -0.25) is 4.79 Å². The van der Waals surface area contributed by atoms with Gasteiger partial charge in [0.1, 0.15) is 0 Å². The van der Waals surface area contributed by atoms with Gasteiger partial charge in [-0.25, -0.2) is 0 Å². The highest BCUT2D eigenvalue weighted by Gasteiger charge is 2.23. The van der Waals surface area contributed by atoms with E-state index in [1.807, 2.05) is 72.7 Å². The molecule has 1 heteroatoms. The maximum absolute atomic E-state index is 11.7. The van der Waals surface area contributed by atoms with Gasteiger partial charge in [-0.1, -0.05) is 78.5 Å². The second-order valence-electron chi connectivity index (χ2n) is 3.12. The van der Waals surface area contributed by atoms with Crippen LogP contribution in [0, 0.1) is 0 Å². The molecule has 0 fully saturated rings. The number of ketones is 1. The lowest BCUT2D eigenvalue weighted by atomic mass is 10.1. The first-order chi connectivity index (χ1) is 9.25. The number of allylic oxidation sites excluding steroid dienone is 3. The van der Waals surface area contributed by atoms with Crippen molar-refractivity contribution in [1.82, 2.24) is 0 Å². The van der Waals surface area contributed by atoms with Gasteiger partial charge in [0, 0.05) is 11.1 Å². The first-order valence-electron chi connectivity index (χ1n) is 7.23. The van der Waals surface area contributed by atoms with Gasteiger partial charge in [0.05, 0.1) is 0 Å². The first-order valence-corrected chi connectivity index (χ1v) is 7.23. The number of benzene rings is 1. The normalized spacial score (nSPS) is 11.0. The largest absolute Gasteiger partial charge is 0.289 e. The summed E-state index contributed by atoms with van der Waals surface area (Å²) in [6.07, 6.45) is 1.64. The van der Waals surface area contributed by atoms with Crippen LogP contribution in [0.4, 0.5) is 0 Å². The minimum Gasteiger partial charge on any atom is -0.289 e. The van der Waals surface area contributed by atoms with E-state index in [1.165, 1.54) is 0 Å². The van der Waals surface area contributed by atoms with Crippen LogP contribution >= 0.6 is 0 Å². The molecule has 0 amide bonds. The number of fused-ring (bicyclic) bond motifs is 1. The smallest absolute Gasteiger partial charge is 0.193 e. The average molecular weight is 260 g/mol. The number of hydrogen-bond acceptors (Lipinski definition) is 1. The highest BCUT2D eigenvalue weighted by Crippen LogP contribution is 2.32. The molecule has 0 saturated heterocycles. The molecule has 0 saturated carbocycles. The molecule has 0 unspecified atom stereocenters. The zero-order valence-corrected chi connectivity index (χ0v) is 13.5. The highest BCUT2D eigenvalue weighted by molar-refractivity contribution is 6.21. The Morgan fingerprint density at radius 1 is 0.895 bits per heavy atom. The fourth-order valence-corrected chi connectivity index (χ4v) is 1.71. The van der Waals surface area contributed by atoms with E-state index in [1.54, 1.807) is 6.08 Å². The summed E-state index contributed by atoms with van der Waals surface area (Å²) >= 11 is 0. The minimum atomic E-state index is 0.100. The van der Waals surface area contributed by atoms with Crippen LogP contribution in [0.3, 0.4) is 0 Å². The summed E-state index contributed by atoms with van der Waals surface area (Å²) < 4.78 is 0. The van der Waals surface area contributed by atoms with Crippen LogP contribution in [0.5, 0.6) is 0 Å². The second kappa shape index (κ2) is 11.5. The molecule has 0 bridgehead atoms. The summed E-state index contributed by atoms with van der Waals surface area (Å²) in [5, 5.41) is 0. The van der Waals surface area contributed by atoms with E-state index in [4.69, 9.17) is 0 Å². The van der Waals surface area contributed by atoms with Crippen LogP contribution in [0.15, 0.2) is 42.5 Å². The van der Waals surface area contributed by atoms with Gasteiger partial charge in [-0.05, 0) is 18.1 Å². The van der Waals surface area contributed by atoms with Crippen LogP contribution in [0.25, 0.3) is 5.57 Å². The van der Waals surface area contributed by atoms with Gasteiger partial charge in [-0.15, -0.1) is 0 Å². The average Bonchev–Trinajstić information content (AvgIpc) is 2.77. The highest BCUT2D eigenvalue weighted by atomic mass is 16.1. The first kappa shape index (κ1) is 19.7. The fourth-order valence-electron chi connectivity index (χ4n) is 1.71. The monoisotopic (exact) mass is 260 g/mol. The Labute approximate surface area is 119 Å². The number of carbonyl (C=O) groups excluding carboxylic acids is 1. The molecule has 19 heavy (non-hydrogen) atoms. The number of carbonyl (C=O) groups is 1. The van der Waals surface area contributed by atoms with Crippen molar-refractivity contribution in [2.24, 2.45) is 0 Å². The Kier molecular flexibility index (Phi) is 11.9. The summed E-state index contributed by atoms with van der Waals surface area (Å²) in [7, 11) is 0. The van der Waals surface area contributed by atoms with E-state index in [2.05, 4.69) is 6.58 Å². The van der Waals surface area contributed by atoms with Crippen molar-refractivity contribution in [3.63, 3.8) is 0 Å². The van der Waals surface area contributed by atoms with Crippen molar-refractivity contribution in [2.45, 2.75) is 48.5 Å². The molecule has 0 aliphatic heterocycles. The fraction of sp³-hybridized carbons (Fsp3) is 0.389. The van der Waals surface area contributed by atoms with Crippen LogP contribution in [0.2, 0.25) is 0 Å². The third kappa shape index (κ3) is 4.51. The SMILES string of the molecule is C=CC1=C(C)c2ccccc2C1=O.CC.CC.CC. The van der Waals surface area contributed by atoms with Crippen LogP contribution in [0.1, 0.15) is 64.4 Å². The van der Waals surface area contributed by atoms with Gasteiger partial charge < -0.3 is 0 Å². The van der Waals surface area contributed by atoms with E-state index in [0.717, 1.165) is 22.3 Å². The Bertz CT molecular complexity index is 425. The van der Waals surface area contributed by atoms with E-state index in [9.17, 15) is 4.79 Å². The van der Waals surface area contributed by atoms with E-state index in [-0.39, 0.29) is 5.78 Å². The van der Waals surface area contributed by atoms with Crippen LogP contribution in [-0.2, 0) is 0 Å². The molecule has 2 rings (SSSR count). The van der Waals surface area contributed by atoms with Gasteiger partial charge in [0.25, 0.3) is 0 Å². The molecule has 0 heterocycles. The summed E-state index contributed by atoms with van der Waals surface area (Å²) in [4.78, 5) is 11.7. The molecule has 0 spiro atoms. The Hall–Kier alpha value is -1.63. The zero-order valence-electron chi connectivity index (χ0n) is 13.5. The number of rotatable bonds is 1. The van der Waals surface area contributed by atoms with Crippen molar-refractivity contribution >= 4 is 11.4 Å². The van der Waals surface area contributed by atoms with Crippen LogP contribution < -0.4 is 0 Å². The number of Topliss-reactive ketones (excluding diaryl/α,β-unsaturated/α-hetero) is 1. The zero-order chi connectivity index (χ0) is 15.4. The lowest BCUT2D eigenvalue weighted by molar-refractivity contribution is 0.104. The van der Waals surface area contributed by atoms with Gasteiger partial charge in [0.15, 0.2) is 5.78 Å². The molecule has 1 aliphatic carbocycles. The van der Waals surface area contributed by atoms with Crippen LogP contribution in [-0.4, -0.2) is 5.78 Å². The quantitative estimate of drug-likeness (QED) is 0.612. The van der Waals surface area contributed by atoms with Crippen molar-refractivity contribution in [3.8, 4) is 0 Å². The molecule has 1 nitrogen and oxygen atoms in total. The van der Waals surface area contributed by atoms with E-state index < -0.39 is 0 Å². The molecule has 1 aliphatic rings. The van der Waals surface area contributed by atoms with E-state index >= 15 is 0 Å². The second-order valence-corrected chi connectivity index (χ2v) is 3.12. The summed E-state index contributed by atoms with van der Waals surface area (Å²) in [5.41, 5.74) is 3.62. The molecular weight excluding hydrogens is 232 g/mol. The lowest BCUT2D eigenvalue weighted by Crippen LogP contribution is -1.95. The minimum absolute atomic E-state index is 0.100. The molecule has 0 radical (unpaired) electrons. The van der Waals surface area contributed by atoms with Crippen molar-refractivity contribution < 1.29 is 4.79 Å². The predicted octanol–water partition coefficient (Wildman–Crippen LogP) is 5.92. The Morgan fingerprint density at radius 3 is 1.68 bits per heavy atom. The Morgan fingerprint density at radius 2 is 1.32 bits per heavy atom. The van der Waals surface area contributed by atoms with Gasteiger partial charge >= 0.3 is 0 Å². The van der Waals surface area contributed by atoms with Crippen molar-refractivity contribution in [2.75, 3.05) is 0 Å². The topological polar surface area (TPSA) is 17.1 Å². The standard InChI is InChI=1S/C12H10O.3C2H6/c1-3-9-8(2)10-6-4-5-7-11(10)12(9)13;3*1-2/h3-7H,1H2,2H3;3*1-2H3. The molecule has 1 aromatic rings. The summed E-state index contributed by atoms with van der Waals surface area (Å²) in [6.45, 7) is 17.6. The van der Waals surface area contributed by atoms with Crippen molar-refractivity contribution in [1.29, 1.82) is 0 Å². The maximum atomic E-state index is 11.7. The van der Waals surface area contributed by atoms with Gasteiger partial charge in [-0.2, -0.15) is 0 Å². The third-order valence-corrected chi connectivity index (χ3v) is 2.43. The molecular formula is C18H28O. The molecule has 0 N–H and O–H groups in total.